The summed E-state index contributed by atoms with van der Waals surface area (Å²) in [7, 11) is 0. The Hall–Kier alpha value is -4.15. The Morgan fingerprint density at radius 1 is 1.06 bits per heavy atom. The van der Waals surface area contributed by atoms with Crippen LogP contribution in [0.5, 0.6) is 0 Å². The minimum Gasteiger partial charge on any atom is -0.422 e. The van der Waals surface area contributed by atoms with E-state index in [2.05, 4.69) is 20.8 Å². The van der Waals surface area contributed by atoms with Crippen LogP contribution in [0, 0.1) is 0 Å². The lowest BCUT2D eigenvalue weighted by molar-refractivity contribution is -0.140. The van der Waals surface area contributed by atoms with E-state index in [9.17, 15) is 9.59 Å². The van der Waals surface area contributed by atoms with Crippen molar-refractivity contribution in [3.63, 3.8) is 0 Å². The fourth-order valence-electron chi connectivity index (χ4n) is 2.97. The third kappa shape index (κ3) is 3.72. The van der Waals surface area contributed by atoms with E-state index < -0.39 is 11.6 Å². The van der Waals surface area contributed by atoms with Gasteiger partial charge in [-0.25, -0.2) is 19.6 Å². The number of thiazole rings is 1. The van der Waals surface area contributed by atoms with Gasteiger partial charge < -0.3 is 9.25 Å². The van der Waals surface area contributed by atoms with Gasteiger partial charge in [-0.05, 0) is 24.3 Å². The van der Waals surface area contributed by atoms with Gasteiger partial charge in [0.05, 0.1) is 23.1 Å². The van der Waals surface area contributed by atoms with Crippen molar-refractivity contribution in [1.29, 1.82) is 0 Å². The zero-order chi connectivity index (χ0) is 21.2. The van der Waals surface area contributed by atoms with Crippen LogP contribution in [0.1, 0.15) is 0 Å². The first-order chi connectivity index (χ1) is 15.2. The number of benzene rings is 2. The topological polar surface area (TPSA) is 109 Å². The van der Waals surface area contributed by atoms with Gasteiger partial charge in [0, 0.05) is 10.8 Å². The molecular formula is C21H13N5O4S. The summed E-state index contributed by atoms with van der Waals surface area (Å²) < 4.78 is 5.35. The lowest BCUT2D eigenvalue weighted by atomic mass is 10.1. The second-order valence-electron chi connectivity index (χ2n) is 6.38. The third-order valence-corrected chi connectivity index (χ3v) is 5.15. The average Bonchev–Trinajstić information content (AvgIpc) is 3.41. The van der Waals surface area contributed by atoms with Crippen molar-refractivity contribution in [2.24, 2.45) is 10.2 Å². The number of nitrogens with one attached hydrogen (secondary N) is 1. The summed E-state index contributed by atoms with van der Waals surface area (Å²) >= 11 is 1.21. The van der Waals surface area contributed by atoms with Gasteiger partial charge >= 0.3 is 11.6 Å². The van der Waals surface area contributed by atoms with Gasteiger partial charge in [-0.15, -0.1) is 16.5 Å². The highest BCUT2D eigenvalue weighted by molar-refractivity contribution is 7.13. The number of carbonyl (C=O) groups is 1. The first-order valence-corrected chi connectivity index (χ1v) is 9.99. The number of rotatable bonds is 4. The minimum absolute atomic E-state index is 0.168. The largest absolute Gasteiger partial charge is 0.422 e. The van der Waals surface area contributed by atoms with Gasteiger partial charge in [0.2, 0.25) is 5.13 Å². The van der Waals surface area contributed by atoms with Crippen LogP contribution >= 0.6 is 11.3 Å². The second-order valence-corrected chi connectivity index (χ2v) is 7.22. The Labute approximate surface area is 178 Å². The standard InChI is InChI=1S/C21H13N5O4S/c27-19-15(10-13-6-4-5-9-18(13)29-19)16-12-31-21(23-16)24-22-11-17-20(28)30-25-26(17)14-7-2-1-3-8-14/h1-12,25H. The van der Waals surface area contributed by atoms with E-state index in [0.717, 1.165) is 5.39 Å². The van der Waals surface area contributed by atoms with Gasteiger partial charge in [-0.3, -0.25) is 0 Å². The van der Waals surface area contributed by atoms with Crippen molar-refractivity contribution < 1.29 is 14.0 Å². The maximum Gasteiger partial charge on any atom is 0.378 e. The van der Waals surface area contributed by atoms with Crippen LogP contribution < -0.4 is 16.2 Å². The van der Waals surface area contributed by atoms with E-state index >= 15 is 0 Å². The molecule has 0 bridgehead atoms. The molecule has 152 valence electrons. The van der Waals surface area contributed by atoms with E-state index in [4.69, 9.17) is 9.25 Å². The molecule has 1 aliphatic rings. The molecule has 0 atom stereocenters. The van der Waals surface area contributed by atoms with Gasteiger partial charge in [0.25, 0.3) is 0 Å². The summed E-state index contributed by atoms with van der Waals surface area (Å²) in [5.74, 6) is -0.587. The fraction of sp³-hybridized carbons (Fsp3) is 0. The molecular weight excluding hydrogens is 418 g/mol. The maximum absolute atomic E-state index is 12.3. The van der Waals surface area contributed by atoms with Crippen LogP contribution in [0.4, 0.5) is 10.8 Å². The zero-order valence-corrected chi connectivity index (χ0v) is 16.6. The summed E-state index contributed by atoms with van der Waals surface area (Å²) in [6.45, 7) is 0. The van der Waals surface area contributed by atoms with Crippen LogP contribution in [-0.4, -0.2) is 11.0 Å². The van der Waals surface area contributed by atoms with Crippen LogP contribution in [0.15, 0.2) is 97.4 Å². The van der Waals surface area contributed by atoms with Crippen molar-refractivity contribution in [3.05, 3.63) is 88.4 Å². The molecule has 2 aromatic carbocycles. The number of hydrogen-bond acceptors (Lipinski definition) is 10. The molecule has 0 aliphatic carbocycles. The fourth-order valence-corrected chi connectivity index (χ4v) is 3.61. The van der Waals surface area contributed by atoms with Crippen LogP contribution in [0.3, 0.4) is 0 Å². The van der Waals surface area contributed by atoms with Crippen LogP contribution in [0.2, 0.25) is 0 Å². The molecule has 4 aromatic rings. The van der Waals surface area contributed by atoms with E-state index in [-0.39, 0.29) is 5.70 Å². The first kappa shape index (κ1) is 18.9. The molecule has 5 rings (SSSR count). The number of aromatic nitrogens is 1. The number of hydrazine groups is 1. The van der Waals surface area contributed by atoms with E-state index in [1.807, 2.05) is 42.5 Å². The molecule has 2 aromatic heterocycles. The summed E-state index contributed by atoms with van der Waals surface area (Å²) in [6, 6.07) is 18.1. The predicted octanol–water partition coefficient (Wildman–Crippen LogP) is 4.32. The SMILES string of the molecule is O=C1ONN(c2ccccc2)C1=CN=Nc1nc(-c2cc3ccccc3oc2=O)cs1. The molecule has 0 amide bonds. The Morgan fingerprint density at radius 2 is 1.87 bits per heavy atom. The maximum atomic E-state index is 12.3. The van der Waals surface area contributed by atoms with Crippen molar-refractivity contribution in [2.75, 3.05) is 5.01 Å². The van der Waals surface area contributed by atoms with Crippen molar-refractivity contribution in [1.82, 2.24) is 10.6 Å². The molecule has 1 aliphatic heterocycles. The molecule has 3 heterocycles. The average molecular weight is 431 g/mol. The lowest BCUT2D eigenvalue weighted by Gasteiger charge is -2.14. The number of azo groups is 1. The second kappa shape index (κ2) is 7.94. The van der Waals surface area contributed by atoms with E-state index in [0.29, 0.717) is 27.7 Å². The molecule has 0 spiro atoms. The highest BCUT2D eigenvalue weighted by atomic mass is 32.1. The van der Waals surface area contributed by atoms with E-state index in [1.165, 1.54) is 22.5 Å². The molecule has 0 saturated carbocycles. The quantitative estimate of drug-likeness (QED) is 0.291. The number of fused-ring (bicyclic) bond motifs is 1. The van der Waals surface area contributed by atoms with Crippen LogP contribution in [0.25, 0.3) is 22.2 Å². The molecule has 1 fully saturated rings. The summed E-state index contributed by atoms with van der Waals surface area (Å²) in [6.07, 6.45) is 1.28. The number of para-hydroxylation sites is 2. The van der Waals surface area contributed by atoms with Gasteiger partial charge in [-0.1, -0.05) is 42.0 Å². The number of anilines is 1. The summed E-state index contributed by atoms with van der Waals surface area (Å²) in [5, 5.41) is 12.3. The Morgan fingerprint density at radius 3 is 2.74 bits per heavy atom. The Balaban J connectivity index is 1.40. The Bertz CT molecular complexity index is 1390. The molecule has 0 unspecified atom stereocenters. The van der Waals surface area contributed by atoms with Gasteiger partial charge in [-0.2, -0.15) is 5.11 Å². The molecule has 31 heavy (non-hydrogen) atoms. The monoisotopic (exact) mass is 431 g/mol. The molecule has 10 heteroatoms. The van der Waals surface area contributed by atoms with Crippen molar-refractivity contribution >= 4 is 39.1 Å². The number of carbonyl (C=O) groups excluding carboxylic acids is 1. The predicted molar refractivity (Wildman–Crippen MR) is 114 cm³/mol. The number of hydrogen-bond donors (Lipinski definition) is 1. The zero-order valence-electron chi connectivity index (χ0n) is 15.8. The smallest absolute Gasteiger partial charge is 0.378 e. The third-order valence-electron chi connectivity index (χ3n) is 4.43. The summed E-state index contributed by atoms with van der Waals surface area (Å²) in [5.41, 5.74) is 4.21. The van der Waals surface area contributed by atoms with Gasteiger partial charge in [0.1, 0.15) is 5.58 Å². The van der Waals surface area contributed by atoms with Gasteiger partial charge in [0.15, 0.2) is 5.70 Å². The molecule has 0 radical (unpaired) electrons. The first-order valence-electron chi connectivity index (χ1n) is 9.11. The van der Waals surface area contributed by atoms with Crippen molar-refractivity contribution in [2.45, 2.75) is 0 Å². The Kier molecular flexibility index (Phi) is 4.83. The summed E-state index contributed by atoms with van der Waals surface area (Å²) in [4.78, 5) is 33.5. The minimum atomic E-state index is -0.587. The van der Waals surface area contributed by atoms with Crippen molar-refractivity contribution in [3.8, 4) is 11.3 Å². The molecule has 1 saturated heterocycles. The van der Waals surface area contributed by atoms with E-state index in [1.54, 1.807) is 23.6 Å². The highest BCUT2D eigenvalue weighted by Gasteiger charge is 2.29. The molecule has 9 nitrogen and oxygen atoms in total. The number of nitrogens with zero attached hydrogens (tertiary/aromatic N) is 4. The highest BCUT2D eigenvalue weighted by Crippen LogP contribution is 2.27. The molecule has 1 N–H and O–H groups in total. The van der Waals surface area contributed by atoms with Crippen LogP contribution in [-0.2, 0) is 9.63 Å². The normalized spacial score (nSPS) is 15.3. The lowest BCUT2D eigenvalue weighted by Crippen LogP contribution is -2.28.